The Morgan fingerprint density at radius 1 is 1.35 bits per heavy atom. The molecule has 2 rings (SSSR count). The molecule has 17 heavy (non-hydrogen) atoms. The number of rotatable bonds is 3. The van der Waals surface area contributed by atoms with E-state index in [4.69, 9.17) is 11.6 Å². The lowest BCUT2D eigenvalue weighted by Crippen LogP contribution is -2.04. The molecule has 1 aromatic carbocycles. The van der Waals surface area contributed by atoms with E-state index in [0.717, 1.165) is 0 Å². The number of hydrogen-bond donors (Lipinski definition) is 1. The fourth-order valence-corrected chi connectivity index (χ4v) is 1.59. The maximum absolute atomic E-state index is 13.2. The first-order valence-electron chi connectivity index (χ1n) is 5.04. The highest BCUT2D eigenvalue weighted by Crippen LogP contribution is 2.20. The molecule has 0 saturated heterocycles. The number of benzene rings is 1. The van der Waals surface area contributed by atoms with E-state index in [1.807, 2.05) is 0 Å². The van der Waals surface area contributed by atoms with Crippen molar-refractivity contribution in [3.05, 3.63) is 58.9 Å². The summed E-state index contributed by atoms with van der Waals surface area (Å²) in [6, 6.07) is 4.45. The Balaban J connectivity index is 2.13. The van der Waals surface area contributed by atoms with Crippen LogP contribution in [0.3, 0.4) is 0 Å². The van der Waals surface area contributed by atoms with Gasteiger partial charge in [0.25, 0.3) is 0 Å². The van der Waals surface area contributed by atoms with Crippen molar-refractivity contribution in [1.29, 1.82) is 0 Å². The minimum Gasteiger partial charge on any atom is -0.386 e. The van der Waals surface area contributed by atoms with Gasteiger partial charge in [-0.25, -0.2) is 4.39 Å². The van der Waals surface area contributed by atoms with E-state index in [1.165, 1.54) is 30.7 Å². The average molecular weight is 253 g/mol. The Hall–Kier alpha value is -1.52. The number of hydrogen-bond acceptors (Lipinski definition) is 3. The summed E-state index contributed by atoms with van der Waals surface area (Å²) in [5, 5.41) is 9.95. The topological polar surface area (TPSA) is 46.0 Å². The molecule has 1 aromatic heterocycles. The monoisotopic (exact) mass is 252 g/mol. The van der Waals surface area contributed by atoms with Crippen LogP contribution < -0.4 is 0 Å². The molecule has 1 unspecified atom stereocenters. The predicted molar refractivity (Wildman–Crippen MR) is 62.1 cm³/mol. The zero-order valence-electron chi connectivity index (χ0n) is 8.85. The lowest BCUT2D eigenvalue weighted by molar-refractivity contribution is 0.173. The van der Waals surface area contributed by atoms with Crippen LogP contribution in [0.4, 0.5) is 4.39 Å². The normalized spacial score (nSPS) is 12.4. The van der Waals surface area contributed by atoms with Crippen LogP contribution >= 0.6 is 11.6 Å². The first-order chi connectivity index (χ1) is 8.16. The van der Waals surface area contributed by atoms with E-state index in [-0.39, 0.29) is 11.4 Å². The Kier molecular flexibility index (Phi) is 3.66. The molecule has 1 heterocycles. The van der Waals surface area contributed by atoms with Crippen molar-refractivity contribution in [3.63, 3.8) is 0 Å². The fourth-order valence-electron chi connectivity index (χ4n) is 1.48. The number of aliphatic hydroxyl groups is 1. The molecule has 3 nitrogen and oxygen atoms in total. The zero-order chi connectivity index (χ0) is 12.3. The first kappa shape index (κ1) is 12.0. The second-order valence-electron chi connectivity index (χ2n) is 3.60. The minimum atomic E-state index is -0.802. The molecule has 0 aliphatic carbocycles. The molecule has 0 radical (unpaired) electrons. The van der Waals surface area contributed by atoms with E-state index in [1.54, 1.807) is 6.07 Å². The Morgan fingerprint density at radius 3 is 2.82 bits per heavy atom. The summed E-state index contributed by atoms with van der Waals surface area (Å²) < 4.78 is 13.2. The van der Waals surface area contributed by atoms with Gasteiger partial charge in [0.15, 0.2) is 0 Å². The van der Waals surface area contributed by atoms with E-state index in [2.05, 4.69) is 9.97 Å². The molecule has 0 aliphatic rings. The molecule has 1 N–H and O–H groups in total. The van der Waals surface area contributed by atoms with Gasteiger partial charge in [0.2, 0.25) is 0 Å². The number of halogens is 2. The van der Waals surface area contributed by atoms with Crippen LogP contribution in [0.1, 0.15) is 17.4 Å². The Morgan fingerprint density at radius 2 is 2.18 bits per heavy atom. The molecule has 0 spiro atoms. The van der Waals surface area contributed by atoms with Gasteiger partial charge in [-0.1, -0.05) is 17.7 Å². The van der Waals surface area contributed by atoms with Crippen LogP contribution in [-0.4, -0.2) is 15.1 Å². The van der Waals surface area contributed by atoms with Crippen LogP contribution in [0.25, 0.3) is 0 Å². The number of nitrogens with zero attached hydrogens (tertiary/aromatic N) is 2. The molecular weight excluding hydrogens is 243 g/mol. The van der Waals surface area contributed by atoms with Gasteiger partial charge in [0.1, 0.15) is 11.9 Å². The number of aliphatic hydroxyl groups excluding tert-OH is 1. The minimum absolute atomic E-state index is 0.0720. The highest BCUT2D eigenvalue weighted by Gasteiger charge is 2.11. The van der Waals surface area contributed by atoms with Crippen molar-refractivity contribution < 1.29 is 9.50 Å². The van der Waals surface area contributed by atoms with Crippen molar-refractivity contribution in [2.24, 2.45) is 0 Å². The molecular formula is C12H10ClFN2O. The lowest BCUT2D eigenvalue weighted by atomic mass is 10.1. The second kappa shape index (κ2) is 5.21. The molecule has 0 fully saturated rings. The van der Waals surface area contributed by atoms with Gasteiger partial charge in [0.05, 0.1) is 16.9 Å². The van der Waals surface area contributed by atoms with Gasteiger partial charge in [-0.05, 0) is 17.7 Å². The number of aromatic nitrogens is 2. The summed E-state index contributed by atoms with van der Waals surface area (Å²) in [7, 11) is 0. The van der Waals surface area contributed by atoms with Crippen molar-refractivity contribution in [2.45, 2.75) is 12.5 Å². The molecule has 0 amide bonds. The summed E-state index contributed by atoms with van der Waals surface area (Å²) in [5.74, 6) is -0.490. The summed E-state index contributed by atoms with van der Waals surface area (Å²) in [5.41, 5.74) is 1.12. The summed E-state index contributed by atoms with van der Waals surface area (Å²) in [6.45, 7) is 0. The Bertz CT molecular complexity index is 507. The third-order valence-corrected chi connectivity index (χ3v) is 2.64. The fraction of sp³-hybridized carbons (Fsp3) is 0.167. The van der Waals surface area contributed by atoms with Crippen LogP contribution in [0.15, 0.2) is 36.8 Å². The summed E-state index contributed by atoms with van der Waals surface area (Å²) >= 11 is 5.57. The molecule has 0 aliphatic heterocycles. The van der Waals surface area contributed by atoms with Crippen LogP contribution in [0, 0.1) is 5.82 Å². The first-order valence-corrected chi connectivity index (χ1v) is 5.42. The van der Waals surface area contributed by atoms with Crippen molar-refractivity contribution in [2.75, 3.05) is 0 Å². The van der Waals surface area contributed by atoms with Crippen molar-refractivity contribution in [3.8, 4) is 0 Å². The molecule has 2 aromatic rings. The summed E-state index contributed by atoms with van der Waals surface area (Å²) in [6.07, 6.45) is 3.98. The van der Waals surface area contributed by atoms with Crippen molar-refractivity contribution in [1.82, 2.24) is 9.97 Å². The standard InChI is InChI=1S/C12H10ClFN2O/c13-9-2-1-8(5-10(9)14)6-12(17)11-7-15-3-4-16-11/h1-5,7,12,17H,6H2. The van der Waals surface area contributed by atoms with Gasteiger partial charge in [-0.2, -0.15) is 0 Å². The maximum Gasteiger partial charge on any atom is 0.142 e. The van der Waals surface area contributed by atoms with Crippen LogP contribution in [-0.2, 0) is 6.42 Å². The predicted octanol–water partition coefficient (Wildman–Crippen LogP) is 2.55. The SMILES string of the molecule is OC(Cc1ccc(Cl)c(F)c1)c1cnccn1. The molecule has 1 atom stereocenters. The third kappa shape index (κ3) is 2.99. The largest absolute Gasteiger partial charge is 0.386 e. The summed E-state index contributed by atoms with van der Waals surface area (Å²) in [4.78, 5) is 7.84. The lowest BCUT2D eigenvalue weighted by Gasteiger charge is -2.09. The van der Waals surface area contributed by atoms with Crippen molar-refractivity contribution >= 4 is 11.6 Å². The third-order valence-electron chi connectivity index (χ3n) is 2.34. The molecule has 0 saturated carbocycles. The quantitative estimate of drug-likeness (QED) is 0.913. The molecule has 88 valence electrons. The van der Waals surface area contributed by atoms with Gasteiger partial charge in [0, 0.05) is 18.8 Å². The molecule has 5 heteroatoms. The smallest absolute Gasteiger partial charge is 0.142 e. The van der Waals surface area contributed by atoms with E-state index in [9.17, 15) is 9.50 Å². The second-order valence-corrected chi connectivity index (χ2v) is 4.01. The van der Waals surface area contributed by atoms with Gasteiger partial charge >= 0.3 is 0 Å². The highest BCUT2D eigenvalue weighted by atomic mass is 35.5. The van der Waals surface area contributed by atoms with Crippen LogP contribution in [0.5, 0.6) is 0 Å². The van der Waals surface area contributed by atoms with Gasteiger partial charge < -0.3 is 5.11 Å². The van der Waals surface area contributed by atoms with E-state index in [0.29, 0.717) is 11.3 Å². The Labute approximate surface area is 103 Å². The van der Waals surface area contributed by atoms with E-state index < -0.39 is 11.9 Å². The zero-order valence-corrected chi connectivity index (χ0v) is 9.60. The van der Waals surface area contributed by atoms with Crippen LogP contribution in [0.2, 0.25) is 5.02 Å². The highest BCUT2D eigenvalue weighted by molar-refractivity contribution is 6.30. The average Bonchev–Trinajstić information content (AvgIpc) is 2.35. The van der Waals surface area contributed by atoms with Gasteiger partial charge in [-0.15, -0.1) is 0 Å². The molecule has 0 bridgehead atoms. The maximum atomic E-state index is 13.2. The van der Waals surface area contributed by atoms with Gasteiger partial charge in [-0.3, -0.25) is 9.97 Å². The van der Waals surface area contributed by atoms with E-state index >= 15 is 0 Å².